The third kappa shape index (κ3) is 5.62. The van der Waals surface area contributed by atoms with Gasteiger partial charge in [-0.3, -0.25) is 14.6 Å². The molecule has 0 aliphatic rings. The maximum Gasteiger partial charge on any atom is 0.249 e. The summed E-state index contributed by atoms with van der Waals surface area (Å²) < 4.78 is 21.9. The third-order valence-electron chi connectivity index (χ3n) is 1.78. The van der Waals surface area contributed by atoms with E-state index in [2.05, 4.69) is 25.4 Å². The van der Waals surface area contributed by atoms with Gasteiger partial charge < -0.3 is 0 Å². The summed E-state index contributed by atoms with van der Waals surface area (Å²) in [6.45, 7) is 0. The Morgan fingerprint density at radius 1 is 1.35 bits per heavy atom. The molecule has 0 atom stereocenters. The molecule has 2 N–H and O–H groups in total. The number of thiol groups is 1. The molecule has 1 heterocycles. The highest BCUT2D eigenvalue weighted by Crippen LogP contribution is 1.99. The second-order valence-corrected chi connectivity index (χ2v) is 3.83. The highest BCUT2D eigenvalue weighted by Gasteiger charge is 1.98. The van der Waals surface area contributed by atoms with Crippen LogP contribution in [0.2, 0.25) is 0 Å². The molecule has 20 heavy (non-hydrogen) atoms. The summed E-state index contributed by atoms with van der Waals surface area (Å²) in [5.74, 6) is -0.348. The number of anilines is 1. The summed E-state index contributed by atoms with van der Waals surface area (Å²) in [6.07, 6.45) is 1.34. The van der Waals surface area contributed by atoms with Crippen molar-refractivity contribution in [1.82, 2.24) is 15.4 Å². The van der Waals surface area contributed by atoms with Gasteiger partial charge in [0.15, 0.2) is 5.82 Å². The molecule has 2 rings (SSSR count). The van der Waals surface area contributed by atoms with E-state index in [9.17, 15) is 13.2 Å². The molecule has 0 unspecified atom stereocenters. The lowest BCUT2D eigenvalue weighted by atomic mass is 10.2. The number of nitrogens with zero attached hydrogens (tertiary/aromatic N) is 5. The van der Waals surface area contributed by atoms with Gasteiger partial charge in [-0.05, 0) is 10.6 Å². The molecule has 2 aromatic rings. The largest absolute Gasteiger partial charge is 0.287 e. The monoisotopic (exact) mass is 295 g/mol. The van der Waals surface area contributed by atoms with Crippen molar-refractivity contribution >= 4 is 22.6 Å². The molecule has 0 spiro atoms. The second-order valence-electron chi connectivity index (χ2n) is 3.09. The Balaban J connectivity index is 0.000000204. The molecule has 0 saturated heterocycles. The van der Waals surface area contributed by atoms with Crippen LogP contribution in [0.3, 0.4) is 0 Å². The SMILES string of the molecule is O=[SH](=O)Nc1c[nH]nn1.[N-]=[N+]=NC(=O)c1ccccc1. The van der Waals surface area contributed by atoms with Crippen molar-refractivity contribution in [3.05, 3.63) is 52.5 Å². The predicted molar refractivity (Wildman–Crippen MR) is 70.2 cm³/mol. The van der Waals surface area contributed by atoms with Crippen molar-refractivity contribution < 1.29 is 13.2 Å². The van der Waals surface area contributed by atoms with Crippen molar-refractivity contribution in [2.24, 2.45) is 5.11 Å². The van der Waals surface area contributed by atoms with Gasteiger partial charge in [0.2, 0.25) is 16.8 Å². The first-order chi connectivity index (χ1) is 9.63. The summed E-state index contributed by atoms with van der Waals surface area (Å²) in [7, 11) is -2.62. The van der Waals surface area contributed by atoms with Gasteiger partial charge in [-0.1, -0.05) is 35.5 Å². The molecule has 0 saturated carbocycles. The Kier molecular flexibility index (Phi) is 6.24. The quantitative estimate of drug-likeness (QED) is 0.332. The Labute approximate surface area is 114 Å². The number of azide groups is 1. The van der Waals surface area contributed by atoms with Crippen molar-refractivity contribution in [3.63, 3.8) is 0 Å². The molecular formula is C9H9N7O3S. The van der Waals surface area contributed by atoms with E-state index < -0.39 is 16.8 Å². The molecular weight excluding hydrogens is 286 g/mol. The van der Waals surface area contributed by atoms with Crippen LogP contribution in [0.1, 0.15) is 10.4 Å². The Bertz CT molecular complexity index is 654. The fourth-order valence-electron chi connectivity index (χ4n) is 1.03. The van der Waals surface area contributed by atoms with Crippen LogP contribution in [0.4, 0.5) is 5.82 Å². The Morgan fingerprint density at radius 3 is 2.55 bits per heavy atom. The molecule has 0 aliphatic carbocycles. The number of carbonyl (C=O) groups excluding carboxylic acids is 1. The highest BCUT2D eigenvalue weighted by atomic mass is 32.2. The van der Waals surface area contributed by atoms with Gasteiger partial charge >= 0.3 is 0 Å². The fraction of sp³-hybridized carbons (Fsp3) is 0. The number of hydrogen-bond acceptors (Lipinski definition) is 5. The van der Waals surface area contributed by atoms with Gasteiger partial charge in [-0.15, -0.1) is 5.10 Å². The van der Waals surface area contributed by atoms with Crippen molar-refractivity contribution in [3.8, 4) is 0 Å². The van der Waals surface area contributed by atoms with Gasteiger partial charge in [0, 0.05) is 10.5 Å². The number of rotatable bonds is 3. The van der Waals surface area contributed by atoms with Crippen LogP contribution in [0.25, 0.3) is 10.4 Å². The lowest BCUT2D eigenvalue weighted by Gasteiger charge is -1.89. The average molecular weight is 295 g/mol. The van der Waals surface area contributed by atoms with E-state index in [1.807, 2.05) is 4.72 Å². The van der Waals surface area contributed by atoms with Crippen LogP contribution in [-0.4, -0.2) is 29.7 Å². The lowest BCUT2D eigenvalue weighted by Crippen LogP contribution is -1.94. The molecule has 0 aliphatic heterocycles. The summed E-state index contributed by atoms with van der Waals surface area (Å²) in [4.78, 5) is 13.2. The van der Waals surface area contributed by atoms with Crippen molar-refractivity contribution in [2.45, 2.75) is 0 Å². The third-order valence-corrected chi connectivity index (χ3v) is 2.19. The lowest BCUT2D eigenvalue weighted by molar-refractivity contribution is 0.100. The zero-order valence-corrected chi connectivity index (χ0v) is 10.8. The smallest absolute Gasteiger partial charge is 0.249 e. The van der Waals surface area contributed by atoms with Crippen LogP contribution in [-0.2, 0) is 10.9 Å². The maximum atomic E-state index is 10.8. The Hall–Kier alpha value is -2.91. The summed E-state index contributed by atoms with van der Waals surface area (Å²) >= 11 is 0. The normalized spacial score (nSPS) is 9.05. The molecule has 0 radical (unpaired) electrons. The first-order valence-electron chi connectivity index (χ1n) is 5.05. The van der Waals surface area contributed by atoms with E-state index in [0.29, 0.717) is 5.56 Å². The number of benzene rings is 1. The van der Waals surface area contributed by atoms with E-state index in [1.54, 1.807) is 30.3 Å². The number of aromatic amines is 1. The van der Waals surface area contributed by atoms with Gasteiger partial charge in [0.25, 0.3) is 0 Å². The minimum atomic E-state index is -2.62. The summed E-state index contributed by atoms with van der Waals surface area (Å²) in [6, 6.07) is 8.39. The number of H-pyrrole nitrogens is 1. The van der Waals surface area contributed by atoms with Gasteiger partial charge in [0.05, 0.1) is 6.20 Å². The zero-order chi connectivity index (χ0) is 14.8. The van der Waals surface area contributed by atoms with Crippen LogP contribution < -0.4 is 4.72 Å². The van der Waals surface area contributed by atoms with E-state index in [4.69, 9.17) is 5.53 Å². The van der Waals surface area contributed by atoms with Crippen LogP contribution >= 0.6 is 0 Å². The first kappa shape index (κ1) is 15.1. The molecule has 104 valence electrons. The summed E-state index contributed by atoms with van der Waals surface area (Å²) in [5.41, 5.74) is 8.34. The standard InChI is InChI=1S/C7H5N3O.C2H4N4O2S/c8-10-9-7(11)6-4-2-1-3-5-6;7-9(8)5-2-1-3-6-4-2/h1-5H;1,9H,(H2,3,4,5,6,7,8). The molecule has 10 nitrogen and oxygen atoms in total. The summed E-state index contributed by atoms with van der Waals surface area (Å²) in [5, 5.41) is 11.9. The molecule has 0 bridgehead atoms. The van der Waals surface area contributed by atoms with E-state index >= 15 is 0 Å². The number of nitrogens with one attached hydrogen (secondary N) is 2. The number of hydrogen-bond donors (Lipinski definition) is 3. The molecule has 11 heteroatoms. The van der Waals surface area contributed by atoms with E-state index in [-0.39, 0.29) is 5.82 Å². The van der Waals surface area contributed by atoms with E-state index in [1.165, 1.54) is 6.20 Å². The highest BCUT2D eigenvalue weighted by molar-refractivity contribution is 7.73. The van der Waals surface area contributed by atoms with E-state index in [0.717, 1.165) is 0 Å². The minimum absolute atomic E-state index is 0.200. The molecule has 1 aromatic heterocycles. The number of aromatic nitrogens is 3. The Morgan fingerprint density at radius 2 is 2.05 bits per heavy atom. The number of carbonyl (C=O) groups is 1. The van der Waals surface area contributed by atoms with Gasteiger partial charge in [0.1, 0.15) is 0 Å². The zero-order valence-electron chi connectivity index (χ0n) is 9.87. The number of amides is 1. The first-order valence-corrected chi connectivity index (χ1v) is 6.23. The molecule has 1 amide bonds. The minimum Gasteiger partial charge on any atom is -0.287 e. The van der Waals surface area contributed by atoms with Gasteiger partial charge in [-0.25, -0.2) is 8.42 Å². The van der Waals surface area contributed by atoms with Crippen molar-refractivity contribution in [1.29, 1.82) is 0 Å². The average Bonchev–Trinajstić information content (AvgIpc) is 2.93. The fourth-order valence-corrected chi connectivity index (χ4v) is 1.33. The second kappa shape index (κ2) is 8.24. The van der Waals surface area contributed by atoms with Crippen LogP contribution in [0.15, 0.2) is 41.6 Å². The van der Waals surface area contributed by atoms with Crippen molar-refractivity contribution in [2.75, 3.05) is 4.72 Å². The molecule has 1 aromatic carbocycles. The maximum absolute atomic E-state index is 10.8. The predicted octanol–water partition coefficient (Wildman–Crippen LogP) is 0.880. The van der Waals surface area contributed by atoms with Crippen LogP contribution in [0.5, 0.6) is 0 Å². The molecule has 0 fully saturated rings. The van der Waals surface area contributed by atoms with Gasteiger partial charge in [-0.2, -0.15) is 0 Å². The topological polar surface area (TPSA) is 154 Å². The van der Waals surface area contributed by atoms with Crippen LogP contribution in [0, 0.1) is 0 Å².